The standard InChI is InChI=1S/C10H11BrF3NO/c1-6(15)8-4-7(11)2-3-9(8)16-5-10(12,13)14/h2-4,6H,5,15H2,1H3/t6-/m1/s1. The van der Waals surface area contributed by atoms with E-state index in [0.29, 0.717) is 5.56 Å². The highest BCUT2D eigenvalue weighted by Crippen LogP contribution is 2.28. The molecule has 0 aliphatic heterocycles. The maximum Gasteiger partial charge on any atom is 0.422 e. The van der Waals surface area contributed by atoms with Gasteiger partial charge in [-0.1, -0.05) is 15.9 Å². The molecule has 0 fully saturated rings. The zero-order valence-electron chi connectivity index (χ0n) is 8.51. The number of benzene rings is 1. The van der Waals surface area contributed by atoms with Crippen LogP contribution in [0.1, 0.15) is 18.5 Å². The predicted molar refractivity (Wildman–Crippen MR) is 58.3 cm³/mol. The fourth-order valence-electron chi connectivity index (χ4n) is 1.17. The zero-order valence-corrected chi connectivity index (χ0v) is 10.1. The SMILES string of the molecule is C[C@@H](N)c1cc(Br)ccc1OCC(F)(F)F. The minimum Gasteiger partial charge on any atom is -0.484 e. The molecule has 2 N–H and O–H groups in total. The fraction of sp³-hybridized carbons (Fsp3) is 0.400. The Balaban J connectivity index is 2.87. The van der Waals surface area contributed by atoms with E-state index in [1.54, 1.807) is 19.1 Å². The molecule has 0 spiro atoms. The van der Waals surface area contributed by atoms with Gasteiger partial charge < -0.3 is 10.5 Å². The van der Waals surface area contributed by atoms with Gasteiger partial charge in [-0.3, -0.25) is 0 Å². The van der Waals surface area contributed by atoms with E-state index in [2.05, 4.69) is 15.9 Å². The summed E-state index contributed by atoms with van der Waals surface area (Å²) in [4.78, 5) is 0. The van der Waals surface area contributed by atoms with Gasteiger partial charge >= 0.3 is 6.18 Å². The van der Waals surface area contributed by atoms with Crippen LogP contribution < -0.4 is 10.5 Å². The Hall–Kier alpha value is -0.750. The molecule has 0 radical (unpaired) electrons. The van der Waals surface area contributed by atoms with Crippen molar-refractivity contribution in [3.05, 3.63) is 28.2 Å². The molecule has 1 aromatic carbocycles. The fourth-order valence-corrected chi connectivity index (χ4v) is 1.54. The van der Waals surface area contributed by atoms with E-state index in [-0.39, 0.29) is 11.8 Å². The Labute approximate surface area is 99.7 Å². The molecule has 90 valence electrons. The van der Waals surface area contributed by atoms with E-state index in [4.69, 9.17) is 10.5 Å². The highest BCUT2D eigenvalue weighted by atomic mass is 79.9. The zero-order chi connectivity index (χ0) is 12.3. The third-order valence-electron chi connectivity index (χ3n) is 1.85. The molecule has 0 unspecified atom stereocenters. The topological polar surface area (TPSA) is 35.2 Å². The molecule has 0 saturated carbocycles. The normalized spacial score (nSPS) is 13.6. The van der Waals surface area contributed by atoms with Crippen molar-refractivity contribution >= 4 is 15.9 Å². The van der Waals surface area contributed by atoms with Gasteiger partial charge in [-0.15, -0.1) is 0 Å². The van der Waals surface area contributed by atoms with Crippen LogP contribution in [0.5, 0.6) is 5.75 Å². The van der Waals surface area contributed by atoms with E-state index in [9.17, 15) is 13.2 Å². The van der Waals surface area contributed by atoms with Gasteiger partial charge in [-0.2, -0.15) is 13.2 Å². The molecule has 0 aliphatic carbocycles. The first-order chi connectivity index (χ1) is 7.29. The minimum absolute atomic E-state index is 0.163. The van der Waals surface area contributed by atoms with Crippen molar-refractivity contribution in [2.24, 2.45) is 5.73 Å². The van der Waals surface area contributed by atoms with E-state index in [1.165, 1.54) is 6.07 Å². The number of halogens is 4. The van der Waals surface area contributed by atoms with Crippen LogP contribution in [0.2, 0.25) is 0 Å². The summed E-state index contributed by atoms with van der Waals surface area (Å²) in [5.41, 5.74) is 6.18. The predicted octanol–water partition coefficient (Wildman–Crippen LogP) is 3.41. The number of hydrogen-bond donors (Lipinski definition) is 1. The number of rotatable bonds is 3. The quantitative estimate of drug-likeness (QED) is 0.928. The second-order valence-electron chi connectivity index (χ2n) is 3.37. The molecular weight excluding hydrogens is 287 g/mol. The smallest absolute Gasteiger partial charge is 0.422 e. The van der Waals surface area contributed by atoms with Crippen molar-refractivity contribution in [1.82, 2.24) is 0 Å². The summed E-state index contributed by atoms with van der Waals surface area (Å²) in [6, 6.07) is 4.34. The second-order valence-corrected chi connectivity index (χ2v) is 4.29. The van der Waals surface area contributed by atoms with E-state index < -0.39 is 12.8 Å². The summed E-state index contributed by atoms with van der Waals surface area (Å²) in [6.45, 7) is 0.372. The number of nitrogens with two attached hydrogens (primary N) is 1. The highest BCUT2D eigenvalue weighted by Gasteiger charge is 2.29. The molecule has 1 atom stereocenters. The third kappa shape index (κ3) is 4.02. The maximum atomic E-state index is 12.0. The van der Waals surface area contributed by atoms with E-state index in [0.717, 1.165) is 4.47 Å². The Morgan fingerprint density at radius 3 is 2.56 bits per heavy atom. The molecule has 6 heteroatoms. The average Bonchev–Trinajstić information content (AvgIpc) is 2.14. The first kappa shape index (κ1) is 13.3. The summed E-state index contributed by atoms with van der Waals surface area (Å²) >= 11 is 3.22. The van der Waals surface area contributed by atoms with Gasteiger partial charge in [0.15, 0.2) is 6.61 Å². The lowest BCUT2D eigenvalue weighted by Crippen LogP contribution is -2.20. The molecule has 0 bridgehead atoms. The Bertz CT molecular complexity index is 366. The molecule has 0 aliphatic rings. The Kier molecular flexibility index (Phi) is 4.21. The van der Waals surface area contributed by atoms with Gasteiger partial charge in [0.05, 0.1) is 0 Å². The van der Waals surface area contributed by atoms with Crippen LogP contribution in [0, 0.1) is 0 Å². The first-order valence-electron chi connectivity index (χ1n) is 4.54. The van der Waals surface area contributed by atoms with Crippen molar-refractivity contribution in [2.45, 2.75) is 19.1 Å². The van der Waals surface area contributed by atoms with Crippen molar-refractivity contribution in [1.29, 1.82) is 0 Å². The molecule has 1 aromatic rings. The molecule has 0 aromatic heterocycles. The van der Waals surface area contributed by atoms with Crippen molar-refractivity contribution in [3.63, 3.8) is 0 Å². The molecule has 16 heavy (non-hydrogen) atoms. The van der Waals surface area contributed by atoms with Gasteiger partial charge in [0, 0.05) is 16.1 Å². The molecular formula is C10H11BrF3NO. The average molecular weight is 298 g/mol. The molecule has 0 amide bonds. The van der Waals surface area contributed by atoms with Crippen LogP contribution >= 0.6 is 15.9 Å². The Morgan fingerprint density at radius 1 is 1.44 bits per heavy atom. The van der Waals surface area contributed by atoms with Crippen LogP contribution in [0.25, 0.3) is 0 Å². The number of hydrogen-bond acceptors (Lipinski definition) is 2. The first-order valence-corrected chi connectivity index (χ1v) is 5.33. The lowest BCUT2D eigenvalue weighted by atomic mass is 10.1. The summed E-state index contributed by atoms with van der Waals surface area (Å²) in [6.07, 6.45) is -4.35. The van der Waals surface area contributed by atoms with Crippen LogP contribution in [-0.4, -0.2) is 12.8 Å². The van der Waals surface area contributed by atoms with Crippen LogP contribution in [-0.2, 0) is 0 Å². The number of alkyl halides is 3. The van der Waals surface area contributed by atoms with Crippen molar-refractivity contribution < 1.29 is 17.9 Å². The minimum atomic E-state index is -4.35. The van der Waals surface area contributed by atoms with E-state index in [1.807, 2.05) is 0 Å². The Morgan fingerprint density at radius 2 is 2.06 bits per heavy atom. The van der Waals surface area contributed by atoms with Gasteiger partial charge in [-0.25, -0.2) is 0 Å². The monoisotopic (exact) mass is 297 g/mol. The second kappa shape index (κ2) is 5.05. The maximum absolute atomic E-state index is 12.0. The summed E-state index contributed by atoms with van der Waals surface area (Å²) in [5.74, 6) is 0.163. The third-order valence-corrected chi connectivity index (χ3v) is 2.35. The van der Waals surface area contributed by atoms with Gasteiger partial charge in [0.2, 0.25) is 0 Å². The van der Waals surface area contributed by atoms with Crippen LogP contribution in [0.3, 0.4) is 0 Å². The molecule has 0 saturated heterocycles. The van der Waals surface area contributed by atoms with Crippen molar-refractivity contribution in [2.75, 3.05) is 6.61 Å². The summed E-state index contributed by atoms with van der Waals surface area (Å²) in [7, 11) is 0. The number of ether oxygens (including phenoxy) is 1. The molecule has 0 heterocycles. The summed E-state index contributed by atoms with van der Waals surface area (Å²) in [5, 5.41) is 0. The lowest BCUT2D eigenvalue weighted by molar-refractivity contribution is -0.153. The summed E-state index contributed by atoms with van der Waals surface area (Å²) < 4.78 is 41.4. The van der Waals surface area contributed by atoms with Gasteiger partial charge in [0.25, 0.3) is 0 Å². The molecule has 1 rings (SSSR count). The van der Waals surface area contributed by atoms with Crippen LogP contribution in [0.4, 0.5) is 13.2 Å². The van der Waals surface area contributed by atoms with E-state index >= 15 is 0 Å². The van der Waals surface area contributed by atoms with Gasteiger partial charge in [-0.05, 0) is 25.1 Å². The van der Waals surface area contributed by atoms with Crippen LogP contribution in [0.15, 0.2) is 22.7 Å². The largest absolute Gasteiger partial charge is 0.484 e. The van der Waals surface area contributed by atoms with Gasteiger partial charge in [0.1, 0.15) is 5.75 Å². The molecule has 2 nitrogen and oxygen atoms in total. The lowest BCUT2D eigenvalue weighted by Gasteiger charge is -2.15. The van der Waals surface area contributed by atoms with Crippen molar-refractivity contribution in [3.8, 4) is 5.75 Å². The highest BCUT2D eigenvalue weighted by molar-refractivity contribution is 9.10.